The predicted octanol–water partition coefficient (Wildman–Crippen LogP) is 4.11. The number of rotatable bonds is 4. The minimum atomic E-state index is -0.0833. The van der Waals surface area contributed by atoms with Gasteiger partial charge in [0.2, 0.25) is 0 Å². The Labute approximate surface area is 119 Å². The predicted molar refractivity (Wildman–Crippen MR) is 75.8 cm³/mol. The van der Waals surface area contributed by atoms with Crippen molar-refractivity contribution in [3.05, 3.63) is 50.8 Å². The van der Waals surface area contributed by atoms with Gasteiger partial charge in [0.25, 0.3) is 0 Å². The average molecular weight is 331 g/mol. The number of aliphatic hydroxyl groups is 1. The molecule has 1 aromatic heterocycles. The highest BCUT2D eigenvalue weighted by atomic mass is 79.9. The van der Waals surface area contributed by atoms with Crippen molar-refractivity contribution in [2.45, 2.75) is 20.1 Å². The van der Waals surface area contributed by atoms with Crippen molar-refractivity contribution < 1.29 is 9.52 Å². The van der Waals surface area contributed by atoms with Crippen LogP contribution in [-0.2, 0) is 13.2 Å². The number of nitrogens with one attached hydrogen (secondary N) is 1. The third-order valence-corrected chi connectivity index (χ3v) is 3.64. The van der Waals surface area contributed by atoms with Crippen LogP contribution in [0.4, 0.5) is 5.69 Å². The fourth-order valence-corrected chi connectivity index (χ4v) is 2.33. The summed E-state index contributed by atoms with van der Waals surface area (Å²) in [6, 6.07) is 7.43. The lowest BCUT2D eigenvalue weighted by Crippen LogP contribution is -1.99. The Kier molecular flexibility index (Phi) is 4.32. The van der Waals surface area contributed by atoms with E-state index < -0.39 is 0 Å². The van der Waals surface area contributed by atoms with Crippen LogP contribution in [0.5, 0.6) is 0 Å². The van der Waals surface area contributed by atoms with E-state index in [9.17, 15) is 0 Å². The van der Waals surface area contributed by atoms with Crippen LogP contribution >= 0.6 is 27.5 Å². The van der Waals surface area contributed by atoms with Gasteiger partial charge in [-0.15, -0.1) is 0 Å². The van der Waals surface area contributed by atoms with Crippen molar-refractivity contribution in [1.29, 1.82) is 0 Å². The molecule has 0 saturated carbocycles. The minimum Gasteiger partial charge on any atom is -0.462 e. The third kappa shape index (κ3) is 3.07. The Morgan fingerprint density at radius 2 is 2.06 bits per heavy atom. The second-order valence-corrected chi connectivity index (χ2v) is 5.22. The van der Waals surface area contributed by atoms with Gasteiger partial charge in [-0.05, 0) is 52.7 Å². The van der Waals surface area contributed by atoms with Crippen molar-refractivity contribution in [1.82, 2.24) is 0 Å². The smallest absolute Gasteiger partial charge is 0.129 e. The molecule has 0 aliphatic rings. The summed E-state index contributed by atoms with van der Waals surface area (Å²) in [6.45, 7) is 2.41. The molecule has 18 heavy (non-hydrogen) atoms. The molecule has 5 heteroatoms. The molecule has 2 N–H and O–H groups in total. The molecule has 0 amide bonds. The molecule has 0 fully saturated rings. The molecule has 0 bridgehead atoms. The van der Waals surface area contributed by atoms with Crippen molar-refractivity contribution in [3.8, 4) is 0 Å². The number of anilines is 1. The number of hydrogen-bond donors (Lipinski definition) is 2. The van der Waals surface area contributed by atoms with Crippen LogP contribution in [0.2, 0.25) is 5.02 Å². The first-order valence-electron chi connectivity index (χ1n) is 5.48. The van der Waals surface area contributed by atoms with E-state index in [-0.39, 0.29) is 6.61 Å². The summed E-state index contributed by atoms with van der Waals surface area (Å²) in [6.07, 6.45) is 0. The van der Waals surface area contributed by atoms with Crippen molar-refractivity contribution in [3.63, 3.8) is 0 Å². The Hall–Kier alpha value is -0.970. The molecule has 3 nitrogen and oxygen atoms in total. The summed E-state index contributed by atoms with van der Waals surface area (Å²) in [7, 11) is 0. The minimum absolute atomic E-state index is 0.0833. The van der Waals surface area contributed by atoms with E-state index in [2.05, 4.69) is 21.2 Å². The van der Waals surface area contributed by atoms with Crippen LogP contribution in [0, 0.1) is 6.92 Å². The molecule has 0 atom stereocenters. The molecule has 0 saturated heterocycles. The first-order valence-corrected chi connectivity index (χ1v) is 6.65. The number of benzene rings is 1. The Morgan fingerprint density at radius 3 is 2.72 bits per heavy atom. The molecular formula is C13H13BrClNO2. The van der Waals surface area contributed by atoms with E-state index in [1.54, 1.807) is 6.07 Å². The molecule has 0 spiro atoms. The molecule has 2 aromatic rings. The molecule has 1 heterocycles. The van der Waals surface area contributed by atoms with Crippen LogP contribution in [-0.4, -0.2) is 5.11 Å². The number of hydrogen-bond acceptors (Lipinski definition) is 3. The van der Waals surface area contributed by atoms with E-state index in [1.807, 2.05) is 25.1 Å². The lowest BCUT2D eigenvalue weighted by Gasteiger charge is -2.09. The molecule has 96 valence electrons. The van der Waals surface area contributed by atoms with Gasteiger partial charge in [0, 0.05) is 9.50 Å². The second-order valence-electron chi connectivity index (χ2n) is 3.96. The maximum absolute atomic E-state index is 8.91. The normalized spacial score (nSPS) is 10.7. The van der Waals surface area contributed by atoms with Crippen molar-refractivity contribution in [2.24, 2.45) is 0 Å². The number of halogens is 2. The third-order valence-electron chi connectivity index (χ3n) is 2.57. The highest BCUT2D eigenvalue weighted by Gasteiger charge is 2.06. The Morgan fingerprint density at radius 1 is 1.33 bits per heavy atom. The fourth-order valence-electron chi connectivity index (χ4n) is 1.57. The van der Waals surface area contributed by atoms with Crippen LogP contribution < -0.4 is 5.32 Å². The maximum atomic E-state index is 8.91. The van der Waals surface area contributed by atoms with Crippen LogP contribution in [0.25, 0.3) is 0 Å². The average Bonchev–Trinajstić information content (AvgIpc) is 2.80. The van der Waals surface area contributed by atoms with Crippen LogP contribution in [0.15, 0.2) is 33.2 Å². The van der Waals surface area contributed by atoms with E-state index in [1.165, 1.54) is 0 Å². The van der Waals surface area contributed by atoms with E-state index in [0.717, 1.165) is 26.5 Å². The van der Waals surface area contributed by atoms with Gasteiger partial charge in [0.05, 0.1) is 12.2 Å². The molecular weight excluding hydrogens is 318 g/mol. The van der Waals surface area contributed by atoms with Gasteiger partial charge in [-0.1, -0.05) is 11.6 Å². The molecule has 1 aromatic carbocycles. The largest absolute Gasteiger partial charge is 0.462 e. The Bertz CT molecular complexity index is 554. The summed E-state index contributed by atoms with van der Waals surface area (Å²) in [5.41, 5.74) is 1.93. The highest BCUT2D eigenvalue weighted by Crippen LogP contribution is 2.29. The van der Waals surface area contributed by atoms with E-state index >= 15 is 0 Å². The van der Waals surface area contributed by atoms with Crippen molar-refractivity contribution >= 4 is 33.2 Å². The highest BCUT2D eigenvalue weighted by molar-refractivity contribution is 9.10. The van der Waals surface area contributed by atoms with Crippen molar-refractivity contribution in [2.75, 3.05) is 5.32 Å². The standard InChI is InChI=1S/C13H13BrClNO2/c1-8-4-11(14)13(5-12(8)15)16-6-9-2-3-10(7-17)18-9/h2-5,16-17H,6-7H2,1H3. The lowest BCUT2D eigenvalue weighted by atomic mass is 10.2. The number of aryl methyl sites for hydroxylation is 1. The van der Waals surface area contributed by atoms with Gasteiger partial charge in [0.1, 0.15) is 18.1 Å². The quantitative estimate of drug-likeness (QED) is 0.887. The Balaban J connectivity index is 2.08. The topological polar surface area (TPSA) is 45.4 Å². The fraction of sp³-hybridized carbons (Fsp3) is 0.231. The van der Waals surface area contributed by atoms with Crippen LogP contribution in [0.3, 0.4) is 0 Å². The van der Waals surface area contributed by atoms with Gasteiger partial charge in [-0.25, -0.2) is 0 Å². The zero-order valence-electron chi connectivity index (χ0n) is 9.84. The van der Waals surface area contributed by atoms with Gasteiger partial charge < -0.3 is 14.8 Å². The second kappa shape index (κ2) is 5.78. The molecule has 2 rings (SSSR count). The zero-order valence-corrected chi connectivity index (χ0v) is 12.2. The van der Waals surface area contributed by atoms with Crippen LogP contribution in [0.1, 0.15) is 17.1 Å². The zero-order chi connectivity index (χ0) is 13.1. The SMILES string of the molecule is Cc1cc(Br)c(NCc2ccc(CO)o2)cc1Cl. The molecule has 0 unspecified atom stereocenters. The molecule has 0 aliphatic heterocycles. The molecule has 0 aliphatic carbocycles. The van der Waals surface area contributed by atoms with Gasteiger partial charge in [0.15, 0.2) is 0 Å². The summed E-state index contributed by atoms with van der Waals surface area (Å²) in [5.74, 6) is 1.33. The molecule has 0 radical (unpaired) electrons. The first kappa shape index (κ1) is 13.5. The summed E-state index contributed by atoms with van der Waals surface area (Å²) in [5, 5.41) is 12.9. The number of aliphatic hydroxyl groups excluding tert-OH is 1. The van der Waals surface area contributed by atoms with Gasteiger partial charge in [-0.3, -0.25) is 0 Å². The lowest BCUT2D eigenvalue weighted by molar-refractivity contribution is 0.244. The van der Waals surface area contributed by atoms with Gasteiger partial charge >= 0.3 is 0 Å². The summed E-state index contributed by atoms with van der Waals surface area (Å²) >= 11 is 9.56. The summed E-state index contributed by atoms with van der Waals surface area (Å²) in [4.78, 5) is 0. The monoisotopic (exact) mass is 329 g/mol. The van der Waals surface area contributed by atoms with E-state index in [4.69, 9.17) is 21.1 Å². The van der Waals surface area contributed by atoms with E-state index in [0.29, 0.717) is 12.3 Å². The maximum Gasteiger partial charge on any atom is 0.129 e. The van der Waals surface area contributed by atoms with Gasteiger partial charge in [-0.2, -0.15) is 0 Å². The number of furan rings is 1. The first-order chi connectivity index (χ1) is 8.60. The summed E-state index contributed by atoms with van der Waals surface area (Å²) < 4.78 is 6.34.